The zero-order valence-electron chi connectivity index (χ0n) is 13.3. The Morgan fingerprint density at radius 3 is 1.91 bits per heavy atom. The van der Waals surface area contributed by atoms with Crippen molar-refractivity contribution in [2.45, 2.75) is 33.6 Å². The van der Waals surface area contributed by atoms with E-state index in [1.165, 1.54) is 5.57 Å². The normalized spacial score (nSPS) is 13.8. The zero-order valence-corrected chi connectivity index (χ0v) is 15.1. The van der Waals surface area contributed by atoms with Gasteiger partial charge >= 0.3 is 15.6 Å². The Labute approximate surface area is 131 Å². The third-order valence-electron chi connectivity index (χ3n) is 1.97. The lowest BCUT2D eigenvalue weighted by atomic mass is 10.1. The first-order valence-electron chi connectivity index (χ1n) is 5.55. The summed E-state index contributed by atoms with van der Waals surface area (Å²) in [5.74, 6) is 0. The number of phosphoric acid groups is 2. The molecule has 12 N–H and O–H groups in total. The number of phosphoric ester groups is 1. The van der Waals surface area contributed by atoms with Crippen LogP contribution in [0.5, 0.6) is 0 Å². The summed E-state index contributed by atoms with van der Waals surface area (Å²) in [6, 6.07) is 0. The first-order chi connectivity index (χ1) is 8.52. The molecule has 0 aromatic carbocycles. The molecule has 0 saturated heterocycles. The van der Waals surface area contributed by atoms with Crippen LogP contribution in [0.25, 0.3) is 0 Å². The molecule has 0 saturated carbocycles. The molecule has 0 aliphatic carbocycles. The summed E-state index contributed by atoms with van der Waals surface area (Å²) in [6.45, 7) is 5.55. The van der Waals surface area contributed by atoms with Crippen molar-refractivity contribution < 1.29 is 32.6 Å². The largest absolute Gasteiger partial charge is 0.481 e. The van der Waals surface area contributed by atoms with Gasteiger partial charge in [0.25, 0.3) is 0 Å². The molecule has 0 heterocycles. The number of hydrogen-bond donors (Lipinski definition) is 6. The van der Waals surface area contributed by atoms with E-state index in [0.717, 1.165) is 18.4 Å². The zero-order chi connectivity index (χ0) is 15.1. The van der Waals surface area contributed by atoms with E-state index in [1.54, 1.807) is 6.08 Å². The maximum absolute atomic E-state index is 11.1. The van der Waals surface area contributed by atoms with Gasteiger partial charge in [-0.25, -0.2) is 9.13 Å². The van der Waals surface area contributed by atoms with Crippen molar-refractivity contribution in [3.8, 4) is 0 Å². The fourth-order valence-corrected chi connectivity index (χ4v) is 2.65. The molecular weight excluding hydrogens is 336 g/mol. The molecule has 1 atom stereocenters. The highest BCUT2D eigenvalue weighted by Gasteiger charge is 2.31. The Morgan fingerprint density at radius 1 is 1.00 bits per heavy atom. The molecule has 0 radical (unpaired) electrons. The highest BCUT2D eigenvalue weighted by Crippen LogP contribution is 2.57. The fraction of sp³-hybridized carbons (Fsp3) is 0.600. The minimum absolute atomic E-state index is 0. The van der Waals surface area contributed by atoms with Crippen LogP contribution in [0.15, 0.2) is 23.3 Å². The van der Waals surface area contributed by atoms with Crippen molar-refractivity contribution in [1.82, 2.24) is 18.5 Å². The highest BCUT2D eigenvalue weighted by atomic mass is 31.3. The average molecular weight is 365 g/mol. The van der Waals surface area contributed by atoms with Gasteiger partial charge in [-0.05, 0) is 33.6 Å². The number of allylic oxidation sites excluding steroid dienone is 3. The second kappa shape index (κ2) is 13.1. The number of hydrogen-bond acceptors (Lipinski definition) is 7. The second-order valence-electron chi connectivity index (χ2n) is 4.21. The van der Waals surface area contributed by atoms with Gasteiger partial charge in [0.1, 0.15) is 0 Å². The van der Waals surface area contributed by atoms with E-state index in [9.17, 15) is 9.13 Å². The minimum atomic E-state index is -5.05. The van der Waals surface area contributed by atoms with Crippen LogP contribution in [-0.4, -0.2) is 21.3 Å². The van der Waals surface area contributed by atoms with Crippen molar-refractivity contribution in [2.75, 3.05) is 6.61 Å². The lowest BCUT2D eigenvalue weighted by molar-refractivity contribution is 0.191. The molecule has 136 valence electrons. The van der Waals surface area contributed by atoms with Gasteiger partial charge in [-0.1, -0.05) is 23.3 Å². The lowest BCUT2D eigenvalue weighted by Crippen LogP contribution is -1.94. The Morgan fingerprint density at radius 2 is 1.50 bits per heavy atom. The van der Waals surface area contributed by atoms with Gasteiger partial charge in [0.2, 0.25) is 0 Å². The summed E-state index contributed by atoms with van der Waals surface area (Å²) in [7, 11) is -9.78. The van der Waals surface area contributed by atoms with Gasteiger partial charge in [-0.2, -0.15) is 4.31 Å². The topological polar surface area (TPSA) is 218 Å². The average Bonchev–Trinajstić information content (AvgIpc) is 2.12. The van der Waals surface area contributed by atoms with Gasteiger partial charge in [-0.3, -0.25) is 4.52 Å². The fourth-order valence-electron chi connectivity index (χ4n) is 1.12. The second-order valence-corrected chi connectivity index (χ2v) is 7.04. The van der Waals surface area contributed by atoms with E-state index in [1.807, 2.05) is 20.8 Å². The first-order valence-corrected chi connectivity index (χ1v) is 8.57. The molecule has 12 heteroatoms. The molecule has 0 rings (SSSR count). The Balaban J connectivity index is -0.000000540. The minimum Gasteiger partial charge on any atom is -0.344 e. The predicted molar refractivity (Wildman–Crippen MR) is 86.4 cm³/mol. The summed E-state index contributed by atoms with van der Waals surface area (Å²) in [6.07, 6.45) is 5.24. The van der Waals surface area contributed by atoms with Crippen LogP contribution in [-0.2, 0) is 18.0 Å². The van der Waals surface area contributed by atoms with Crippen LogP contribution in [0.4, 0.5) is 0 Å². The van der Waals surface area contributed by atoms with Crippen molar-refractivity contribution in [2.24, 2.45) is 0 Å². The van der Waals surface area contributed by atoms with Crippen LogP contribution < -0.4 is 18.5 Å². The van der Waals surface area contributed by atoms with E-state index in [2.05, 4.69) is 14.9 Å². The molecule has 0 aliphatic rings. The summed E-state index contributed by atoms with van der Waals surface area (Å²) < 4.78 is 29.5. The molecule has 0 aromatic rings. The molecule has 0 amide bonds. The van der Waals surface area contributed by atoms with Crippen molar-refractivity contribution in [3.05, 3.63) is 23.3 Å². The van der Waals surface area contributed by atoms with Crippen molar-refractivity contribution in [3.63, 3.8) is 0 Å². The third kappa shape index (κ3) is 19.6. The molecule has 0 spiro atoms. The van der Waals surface area contributed by atoms with E-state index in [4.69, 9.17) is 14.7 Å². The van der Waals surface area contributed by atoms with Crippen molar-refractivity contribution in [1.29, 1.82) is 0 Å². The molecule has 22 heavy (non-hydrogen) atoms. The highest BCUT2D eigenvalue weighted by molar-refractivity contribution is 7.60. The van der Waals surface area contributed by atoms with E-state index < -0.39 is 15.6 Å². The SMILES string of the molecule is CC(C)=CCCC(C)=CCOP(=O)(O)OP(=O)(O)O.N.N.N. The Kier molecular flexibility index (Phi) is 17.6. The predicted octanol–water partition coefficient (Wildman–Crippen LogP) is 3.39. The van der Waals surface area contributed by atoms with Crippen LogP contribution in [0.3, 0.4) is 0 Å². The maximum atomic E-state index is 11.1. The first kappa shape index (κ1) is 29.6. The molecule has 1 unspecified atom stereocenters. The van der Waals surface area contributed by atoms with Gasteiger partial charge in [0.15, 0.2) is 0 Å². The summed E-state index contributed by atoms with van der Waals surface area (Å²) in [5, 5.41) is 0. The van der Waals surface area contributed by atoms with E-state index >= 15 is 0 Å². The maximum Gasteiger partial charge on any atom is 0.481 e. The molecular formula is C10H29N3O7P2. The van der Waals surface area contributed by atoms with E-state index in [0.29, 0.717) is 0 Å². The standard InChI is InChI=1S/C10H20O7P2.3H3N/c1-9(2)5-4-6-10(3)7-8-16-19(14,15)17-18(11,12)13;;;/h5,7H,4,6,8H2,1-3H3,(H,14,15)(H2,11,12,13);3*1H3. The summed E-state index contributed by atoms with van der Waals surface area (Å²) in [5.41, 5.74) is 2.15. The third-order valence-corrected chi connectivity index (χ3v) is 4.12. The molecule has 0 bridgehead atoms. The summed E-state index contributed by atoms with van der Waals surface area (Å²) in [4.78, 5) is 25.8. The monoisotopic (exact) mass is 365 g/mol. The van der Waals surface area contributed by atoms with Crippen LogP contribution >= 0.6 is 15.6 Å². The van der Waals surface area contributed by atoms with E-state index in [-0.39, 0.29) is 25.1 Å². The summed E-state index contributed by atoms with van der Waals surface area (Å²) >= 11 is 0. The van der Waals surface area contributed by atoms with Gasteiger partial charge in [0, 0.05) is 0 Å². The smallest absolute Gasteiger partial charge is 0.344 e. The molecule has 0 fully saturated rings. The van der Waals surface area contributed by atoms with Crippen LogP contribution in [0, 0.1) is 0 Å². The Bertz CT molecular complexity index is 444. The lowest BCUT2D eigenvalue weighted by Gasteiger charge is -2.11. The number of rotatable bonds is 8. The molecule has 0 aromatic heterocycles. The van der Waals surface area contributed by atoms with Gasteiger partial charge in [0.05, 0.1) is 6.61 Å². The quantitative estimate of drug-likeness (QED) is 0.272. The molecule has 10 nitrogen and oxygen atoms in total. The Hall–Kier alpha value is -0.380. The van der Waals surface area contributed by atoms with Crippen molar-refractivity contribution >= 4 is 15.6 Å². The molecule has 0 aliphatic heterocycles. The van der Waals surface area contributed by atoms with Crippen LogP contribution in [0.2, 0.25) is 0 Å². The van der Waals surface area contributed by atoms with Gasteiger partial charge < -0.3 is 33.1 Å². The van der Waals surface area contributed by atoms with Crippen LogP contribution in [0.1, 0.15) is 33.6 Å². The van der Waals surface area contributed by atoms with Gasteiger partial charge in [-0.15, -0.1) is 0 Å².